The van der Waals surface area contributed by atoms with Crippen molar-refractivity contribution in [3.8, 4) is 39.0 Å². The van der Waals surface area contributed by atoms with Crippen LogP contribution in [-0.4, -0.2) is 15.8 Å². The second-order valence-electron chi connectivity index (χ2n) is 6.35. The Hall–Kier alpha value is -3.82. The lowest BCUT2D eigenvalue weighted by molar-refractivity contribution is 0.104. The first-order valence-corrected chi connectivity index (χ1v) is 9.40. The molecule has 2 aromatic carbocycles. The van der Waals surface area contributed by atoms with Crippen molar-refractivity contribution >= 4 is 23.1 Å². The van der Waals surface area contributed by atoms with Crippen molar-refractivity contribution in [1.82, 2.24) is 9.97 Å². The summed E-state index contributed by atoms with van der Waals surface area (Å²) in [6.45, 7) is 0. The molecule has 0 unspecified atom stereocenters. The number of benzene rings is 2. The monoisotopic (exact) mass is 380 g/mol. The largest absolute Gasteiger partial charge is 0.368 e. The molecule has 0 saturated heterocycles. The molecular formula is C22H12N4OS. The van der Waals surface area contributed by atoms with E-state index in [4.69, 9.17) is 11.0 Å². The molecule has 1 aliphatic carbocycles. The fourth-order valence-electron chi connectivity index (χ4n) is 3.56. The summed E-state index contributed by atoms with van der Waals surface area (Å²) in [4.78, 5) is 23.6. The summed E-state index contributed by atoms with van der Waals surface area (Å²) < 4.78 is 0. The Bertz CT molecular complexity index is 1300. The SMILES string of the molecule is N#Cc1ccc(-c2cccc3c2-c2nc(N)nc(-c4ccccc4)c2C3=O)s1. The first-order chi connectivity index (χ1) is 13.7. The Balaban J connectivity index is 1.81. The zero-order valence-electron chi connectivity index (χ0n) is 14.5. The molecule has 0 spiro atoms. The molecule has 0 bridgehead atoms. The number of aromatic nitrogens is 2. The van der Waals surface area contributed by atoms with Crippen LogP contribution in [0.25, 0.3) is 33.0 Å². The molecule has 6 heteroatoms. The number of nitriles is 1. The van der Waals surface area contributed by atoms with Gasteiger partial charge in [-0.05, 0) is 12.1 Å². The lowest BCUT2D eigenvalue weighted by atomic mass is 10.0. The molecule has 0 atom stereocenters. The van der Waals surface area contributed by atoms with E-state index in [0.717, 1.165) is 21.6 Å². The number of hydrogen-bond donors (Lipinski definition) is 1. The lowest BCUT2D eigenvalue weighted by Gasteiger charge is -2.09. The second-order valence-corrected chi connectivity index (χ2v) is 7.44. The summed E-state index contributed by atoms with van der Waals surface area (Å²) in [6.07, 6.45) is 0. The van der Waals surface area contributed by atoms with Crippen LogP contribution >= 0.6 is 11.3 Å². The molecule has 5 nitrogen and oxygen atoms in total. The van der Waals surface area contributed by atoms with Gasteiger partial charge >= 0.3 is 0 Å². The maximum absolute atomic E-state index is 13.3. The van der Waals surface area contributed by atoms with Crippen LogP contribution in [0.3, 0.4) is 0 Å². The fourth-order valence-corrected chi connectivity index (χ4v) is 4.39. The number of nitrogens with zero attached hydrogens (tertiary/aromatic N) is 3. The summed E-state index contributed by atoms with van der Waals surface area (Å²) in [5.41, 5.74) is 10.6. The van der Waals surface area contributed by atoms with Gasteiger partial charge in [-0.1, -0.05) is 48.5 Å². The molecule has 2 N–H and O–H groups in total. The van der Waals surface area contributed by atoms with E-state index in [2.05, 4.69) is 16.0 Å². The Morgan fingerprint density at radius 2 is 1.61 bits per heavy atom. The predicted molar refractivity (Wildman–Crippen MR) is 109 cm³/mol. The van der Waals surface area contributed by atoms with Crippen molar-refractivity contribution < 1.29 is 4.79 Å². The van der Waals surface area contributed by atoms with Gasteiger partial charge in [-0.25, -0.2) is 9.97 Å². The average molecular weight is 380 g/mol. The van der Waals surface area contributed by atoms with E-state index in [1.807, 2.05) is 48.5 Å². The van der Waals surface area contributed by atoms with Crippen molar-refractivity contribution in [2.24, 2.45) is 0 Å². The van der Waals surface area contributed by atoms with Crippen LogP contribution in [0, 0.1) is 11.3 Å². The number of nitrogen functional groups attached to an aromatic ring is 1. The summed E-state index contributed by atoms with van der Waals surface area (Å²) in [7, 11) is 0. The summed E-state index contributed by atoms with van der Waals surface area (Å²) in [5, 5.41) is 9.16. The molecular weight excluding hydrogens is 368 g/mol. The van der Waals surface area contributed by atoms with Crippen molar-refractivity contribution in [1.29, 1.82) is 5.26 Å². The van der Waals surface area contributed by atoms with Gasteiger partial charge < -0.3 is 5.73 Å². The molecule has 0 radical (unpaired) electrons. The minimum atomic E-state index is -0.109. The quantitative estimate of drug-likeness (QED) is 0.485. The van der Waals surface area contributed by atoms with Crippen molar-refractivity contribution in [3.05, 3.63) is 76.7 Å². The van der Waals surface area contributed by atoms with E-state index in [1.54, 1.807) is 12.1 Å². The third-order valence-electron chi connectivity index (χ3n) is 4.73. The summed E-state index contributed by atoms with van der Waals surface area (Å²) in [6, 6.07) is 20.9. The normalized spacial score (nSPS) is 11.8. The minimum absolute atomic E-state index is 0.109. The highest BCUT2D eigenvalue weighted by atomic mass is 32.1. The van der Waals surface area contributed by atoms with E-state index in [1.165, 1.54) is 11.3 Å². The third-order valence-corrected chi connectivity index (χ3v) is 5.75. The van der Waals surface area contributed by atoms with Crippen LogP contribution in [0.1, 0.15) is 20.8 Å². The van der Waals surface area contributed by atoms with E-state index >= 15 is 0 Å². The van der Waals surface area contributed by atoms with Crippen LogP contribution < -0.4 is 5.73 Å². The van der Waals surface area contributed by atoms with Crippen LogP contribution in [0.5, 0.6) is 0 Å². The highest BCUT2D eigenvalue weighted by Crippen LogP contribution is 2.46. The lowest BCUT2D eigenvalue weighted by Crippen LogP contribution is -2.05. The van der Waals surface area contributed by atoms with Gasteiger partial charge in [0.1, 0.15) is 10.9 Å². The first-order valence-electron chi connectivity index (χ1n) is 8.58. The van der Waals surface area contributed by atoms with Crippen molar-refractivity contribution in [3.63, 3.8) is 0 Å². The Morgan fingerprint density at radius 1 is 0.857 bits per heavy atom. The molecule has 28 heavy (non-hydrogen) atoms. The number of carbonyl (C=O) groups excluding carboxylic acids is 1. The molecule has 1 aliphatic rings. The summed E-state index contributed by atoms with van der Waals surface area (Å²) >= 11 is 1.39. The van der Waals surface area contributed by atoms with Gasteiger partial charge in [-0.15, -0.1) is 11.3 Å². The van der Waals surface area contributed by atoms with E-state index in [-0.39, 0.29) is 11.7 Å². The first kappa shape index (κ1) is 16.4. The maximum atomic E-state index is 13.3. The Labute approximate surface area is 164 Å². The van der Waals surface area contributed by atoms with E-state index in [9.17, 15) is 4.79 Å². The number of nitrogens with two attached hydrogens (primary N) is 1. The molecule has 2 aromatic heterocycles. The van der Waals surface area contributed by atoms with Gasteiger partial charge in [0.05, 0.1) is 17.0 Å². The van der Waals surface area contributed by atoms with Crippen molar-refractivity contribution in [2.45, 2.75) is 0 Å². The smallest absolute Gasteiger partial charge is 0.221 e. The minimum Gasteiger partial charge on any atom is -0.368 e. The Kier molecular flexibility index (Phi) is 3.57. The number of fused-ring (bicyclic) bond motifs is 3. The maximum Gasteiger partial charge on any atom is 0.221 e. The van der Waals surface area contributed by atoms with Gasteiger partial charge in [0.2, 0.25) is 5.95 Å². The highest BCUT2D eigenvalue weighted by Gasteiger charge is 2.34. The van der Waals surface area contributed by atoms with Gasteiger partial charge in [0, 0.05) is 27.1 Å². The number of hydrogen-bond acceptors (Lipinski definition) is 6. The topological polar surface area (TPSA) is 92.7 Å². The van der Waals surface area contributed by atoms with Crippen LogP contribution in [0.4, 0.5) is 5.95 Å². The van der Waals surface area contributed by atoms with E-state index in [0.29, 0.717) is 27.4 Å². The number of rotatable bonds is 2. The fraction of sp³-hybridized carbons (Fsp3) is 0. The predicted octanol–water partition coefficient (Wildman–Crippen LogP) is 4.54. The highest BCUT2D eigenvalue weighted by molar-refractivity contribution is 7.16. The van der Waals surface area contributed by atoms with E-state index < -0.39 is 0 Å². The second kappa shape index (κ2) is 6.12. The number of thiophene rings is 1. The molecule has 0 amide bonds. The van der Waals surface area contributed by atoms with Gasteiger partial charge in [-0.3, -0.25) is 4.79 Å². The third kappa shape index (κ3) is 2.34. The number of carbonyl (C=O) groups is 1. The zero-order valence-corrected chi connectivity index (χ0v) is 15.3. The average Bonchev–Trinajstić information content (AvgIpc) is 3.32. The summed E-state index contributed by atoms with van der Waals surface area (Å²) in [5.74, 6) is 0.0136. The van der Waals surface area contributed by atoms with Crippen LogP contribution in [0.2, 0.25) is 0 Å². The standard InChI is InChI=1S/C22H12N4OS/c23-11-13-9-10-16(28-13)14-7-4-8-15-17(14)20-18(21(15)27)19(25-22(24)26-20)12-5-2-1-3-6-12/h1-10H,(H2,24,25,26). The van der Waals surface area contributed by atoms with Crippen LogP contribution in [0.15, 0.2) is 60.7 Å². The molecule has 5 rings (SSSR count). The van der Waals surface area contributed by atoms with Gasteiger partial charge in [-0.2, -0.15) is 5.26 Å². The number of ketones is 1. The molecule has 2 heterocycles. The molecule has 0 saturated carbocycles. The molecule has 132 valence electrons. The van der Waals surface area contributed by atoms with Gasteiger partial charge in [0.25, 0.3) is 0 Å². The van der Waals surface area contributed by atoms with Crippen molar-refractivity contribution in [2.75, 3.05) is 5.73 Å². The molecule has 0 fully saturated rings. The van der Waals surface area contributed by atoms with Crippen LogP contribution in [-0.2, 0) is 0 Å². The Morgan fingerprint density at radius 3 is 2.36 bits per heavy atom. The van der Waals surface area contributed by atoms with Gasteiger partial charge in [0.15, 0.2) is 5.78 Å². The molecule has 0 aliphatic heterocycles. The zero-order chi connectivity index (χ0) is 19.3. The number of anilines is 1. The molecule has 4 aromatic rings.